The zero-order valence-electron chi connectivity index (χ0n) is 12.8. The maximum Gasteiger partial charge on any atom is 0.249 e. The number of pyridine rings is 1. The number of hydrogen-bond acceptors (Lipinski definition) is 2. The Morgan fingerprint density at radius 2 is 1.83 bits per heavy atom. The number of amides is 1. The van der Waals surface area contributed by atoms with Gasteiger partial charge in [-0.1, -0.05) is 42.5 Å². The van der Waals surface area contributed by atoms with E-state index in [9.17, 15) is 9.18 Å². The Balaban J connectivity index is 1.78. The van der Waals surface area contributed by atoms with Crippen molar-refractivity contribution in [3.8, 4) is 11.1 Å². The average Bonchev–Trinajstić information content (AvgIpc) is 2.61. The first-order valence-electron chi connectivity index (χ1n) is 7.47. The van der Waals surface area contributed by atoms with E-state index >= 15 is 0 Å². The van der Waals surface area contributed by atoms with Crippen LogP contribution >= 0.6 is 0 Å². The summed E-state index contributed by atoms with van der Waals surface area (Å²) in [5, 5.41) is 2.76. The minimum absolute atomic E-state index is 0.324. The lowest BCUT2D eigenvalue weighted by molar-refractivity contribution is -0.111. The summed E-state index contributed by atoms with van der Waals surface area (Å²) < 4.78 is 13.1. The first-order chi connectivity index (χ1) is 11.7. The molecule has 1 amide bonds. The van der Waals surface area contributed by atoms with Crippen molar-refractivity contribution in [3.63, 3.8) is 0 Å². The fourth-order valence-corrected chi connectivity index (χ4v) is 2.30. The molecule has 2 aromatic carbocycles. The lowest BCUT2D eigenvalue weighted by Gasteiger charge is -2.08. The van der Waals surface area contributed by atoms with E-state index in [4.69, 9.17) is 0 Å². The third-order valence-electron chi connectivity index (χ3n) is 3.41. The van der Waals surface area contributed by atoms with Gasteiger partial charge in [-0.05, 0) is 41.5 Å². The van der Waals surface area contributed by atoms with E-state index in [1.165, 1.54) is 18.2 Å². The largest absolute Gasteiger partial charge is 0.307 e. The van der Waals surface area contributed by atoms with Crippen LogP contribution in [0.4, 0.5) is 10.2 Å². The van der Waals surface area contributed by atoms with Gasteiger partial charge in [-0.15, -0.1) is 0 Å². The van der Waals surface area contributed by atoms with Crippen LogP contribution in [0.1, 0.15) is 5.56 Å². The van der Waals surface area contributed by atoms with Crippen molar-refractivity contribution in [2.45, 2.75) is 0 Å². The molecule has 24 heavy (non-hydrogen) atoms. The van der Waals surface area contributed by atoms with E-state index in [2.05, 4.69) is 10.3 Å². The van der Waals surface area contributed by atoms with Crippen molar-refractivity contribution in [2.75, 3.05) is 5.32 Å². The third-order valence-corrected chi connectivity index (χ3v) is 3.41. The number of benzene rings is 2. The van der Waals surface area contributed by atoms with Gasteiger partial charge in [-0.25, -0.2) is 9.37 Å². The molecule has 0 bridgehead atoms. The number of anilines is 1. The minimum atomic E-state index is -0.339. The van der Waals surface area contributed by atoms with E-state index in [-0.39, 0.29) is 11.7 Å². The fourth-order valence-electron chi connectivity index (χ4n) is 2.30. The van der Waals surface area contributed by atoms with Crippen LogP contribution in [0.25, 0.3) is 17.2 Å². The highest BCUT2D eigenvalue weighted by molar-refractivity contribution is 6.03. The monoisotopic (exact) mass is 318 g/mol. The smallest absolute Gasteiger partial charge is 0.249 e. The molecule has 1 heterocycles. The van der Waals surface area contributed by atoms with E-state index in [1.54, 1.807) is 24.4 Å². The standard InChI is InChI=1S/C20H15FN2O/c21-17-9-4-6-15(14-17)11-12-19(24)23-20-18(10-5-13-22-20)16-7-2-1-3-8-16/h1-14H,(H,22,23,24)/b12-11+. The van der Waals surface area contributed by atoms with E-state index < -0.39 is 0 Å². The molecule has 0 atom stereocenters. The molecule has 0 radical (unpaired) electrons. The van der Waals surface area contributed by atoms with E-state index in [0.717, 1.165) is 11.1 Å². The number of hydrogen-bond donors (Lipinski definition) is 1. The first-order valence-corrected chi connectivity index (χ1v) is 7.47. The molecule has 0 spiro atoms. The number of halogens is 1. The van der Waals surface area contributed by atoms with Gasteiger partial charge in [0.05, 0.1) is 0 Å². The van der Waals surface area contributed by atoms with Gasteiger partial charge in [0.2, 0.25) is 5.91 Å². The Hall–Kier alpha value is -3.27. The second kappa shape index (κ2) is 7.33. The Labute approximate surface area is 139 Å². The molecule has 4 heteroatoms. The maximum absolute atomic E-state index is 13.1. The maximum atomic E-state index is 13.1. The Morgan fingerprint density at radius 1 is 1.00 bits per heavy atom. The summed E-state index contributed by atoms with van der Waals surface area (Å²) in [6.07, 6.45) is 4.54. The molecule has 0 unspecified atom stereocenters. The molecule has 0 aliphatic heterocycles. The summed E-state index contributed by atoms with van der Waals surface area (Å²) in [4.78, 5) is 16.4. The van der Waals surface area contributed by atoms with Crippen LogP contribution in [0.3, 0.4) is 0 Å². The summed E-state index contributed by atoms with van der Waals surface area (Å²) in [7, 11) is 0. The van der Waals surface area contributed by atoms with Crippen molar-refractivity contribution in [1.29, 1.82) is 0 Å². The highest BCUT2D eigenvalue weighted by atomic mass is 19.1. The highest BCUT2D eigenvalue weighted by Gasteiger charge is 2.07. The van der Waals surface area contributed by atoms with Gasteiger partial charge in [-0.2, -0.15) is 0 Å². The number of carbonyl (C=O) groups excluding carboxylic acids is 1. The van der Waals surface area contributed by atoms with Crippen LogP contribution in [0.5, 0.6) is 0 Å². The molecular formula is C20H15FN2O. The summed E-state index contributed by atoms with van der Waals surface area (Å²) in [6, 6.07) is 19.5. The SMILES string of the molecule is O=C(/C=C/c1cccc(F)c1)Nc1ncccc1-c1ccccc1. The third kappa shape index (κ3) is 3.93. The van der Waals surface area contributed by atoms with Crippen molar-refractivity contribution in [3.05, 3.63) is 90.4 Å². The molecule has 3 rings (SSSR count). The number of rotatable bonds is 4. The summed E-state index contributed by atoms with van der Waals surface area (Å²) in [6.45, 7) is 0. The Kier molecular flexibility index (Phi) is 4.77. The van der Waals surface area contributed by atoms with Crippen LogP contribution in [-0.2, 0) is 4.79 Å². The fraction of sp³-hybridized carbons (Fsp3) is 0. The van der Waals surface area contributed by atoms with E-state index in [0.29, 0.717) is 11.4 Å². The van der Waals surface area contributed by atoms with Crippen molar-refractivity contribution < 1.29 is 9.18 Å². The Morgan fingerprint density at radius 3 is 2.62 bits per heavy atom. The quantitative estimate of drug-likeness (QED) is 0.718. The van der Waals surface area contributed by atoms with Gasteiger partial charge in [0, 0.05) is 17.8 Å². The molecule has 1 aromatic heterocycles. The topological polar surface area (TPSA) is 42.0 Å². The van der Waals surface area contributed by atoms with Crippen LogP contribution in [0, 0.1) is 5.82 Å². The average molecular weight is 318 g/mol. The summed E-state index contributed by atoms with van der Waals surface area (Å²) in [5.74, 6) is -0.179. The molecule has 1 N–H and O–H groups in total. The number of carbonyl (C=O) groups is 1. The molecule has 118 valence electrons. The second-order valence-electron chi connectivity index (χ2n) is 5.14. The van der Waals surface area contributed by atoms with Gasteiger partial charge >= 0.3 is 0 Å². The molecule has 0 saturated carbocycles. The zero-order valence-corrected chi connectivity index (χ0v) is 12.8. The van der Waals surface area contributed by atoms with Crippen molar-refractivity contribution in [1.82, 2.24) is 4.98 Å². The summed E-state index contributed by atoms with van der Waals surface area (Å²) >= 11 is 0. The van der Waals surface area contributed by atoms with E-state index in [1.807, 2.05) is 42.5 Å². The van der Waals surface area contributed by atoms with Crippen LogP contribution in [0.2, 0.25) is 0 Å². The van der Waals surface area contributed by atoms with Gasteiger partial charge in [0.15, 0.2) is 0 Å². The molecule has 3 aromatic rings. The lowest BCUT2D eigenvalue weighted by atomic mass is 10.1. The Bertz CT molecular complexity index is 876. The van der Waals surface area contributed by atoms with Crippen molar-refractivity contribution >= 4 is 17.8 Å². The molecule has 0 fully saturated rings. The summed E-state index contributed by atoms with van der Waals surface area (Å²) in [5.41, 5.74) is 2.43. The van der Waals surface area contributed by atoms with Crippen LogP contribution in [-0.4, -0.2) is 10.9 Å². The normalized spacial score (nSPS) is 10.7. The second-order valence-corrected chi connectivity index (χ2v) is 5.14. The molecule has 0 aliphatic rings. The number of nitrogens with one attached hydrogen (secondary N) is 1. The van der Waals surface area contributed by atoms with Gasteiger partial charge in [0.1, 0.15) is 11.6 Å². The first kappa shape index (κ1) is 15.6. The minimum Gasteiger partial charge on any atom is -0.307 e. The van der Waals surface area contributed by atoms with Gasteiger partial charge in [0.25, 0.3) is 0 Å². The lowest BCUT2D eigenvalue weighted by Crippen LogP contribution is -2.10. The predicted molar refractivity (Wildman–Crippen MR) is 93.7 cm³/mol. The zero-order chi connectivity index (χ0) is 16.8. The van der Waals surface area contributed by atoms with Gasteiger partial charge in [-0.3, -0.25) is 4.79 Å². The van der Waals surface area contributed by atoms with Crippen LogP contribution in [0.15, 0.2) is 79.0 Å². The number of nitrogens with zero attached hydrogens (tertiary/aromatic N) is 1. The molecule has 0 aliphatic carbocycles. The molecule has 0 saturated heterocycles. The van der Waals surface area contributed by atoms with Crippen molar-refractivity contribution in [2.24, 2.45) is 0 Å². The van der Waals surface area contributed by atoms with Crippen LogP contribution < -0.4 is 5.32 Å². The van der Waals surface area contributed by atoms with Gasteiger partial charge < -0.3 is 5.32 Å². The molecular weight excluding hydrogens is 303 g/mol. The molecule has 3 nitrogen and oxygen atoms in total. The highest BCUT2D eigenvalue weighted by Crippen LogP contribution is 2.25. The predicted octanol–water partition coefficient (Wildman–Crippen LogP) is 4.54. The number of aromatic nitrogens is 1.